The average molecular weight is 384 g/mol. The normalized spacial score (nSPS) is 34.2. The van der Waals surface area contributed by atoms with E-state index >= 15 is 0 Å². The molecule has 26 heavy (non-hydrogen) atoms. The highest BCUT2D eigenvalue weighted by Crippen LogP contribution is 2.20. The first kappa shape index (κ1) is 19.0. The lowest BCUT2D eigenvalue weighted by molar-refractivity contribution is -0.122. The summed E-state index contributed by atoms with van der Waals surface area (Å²) in [7, 11) is -3.68. The molecular weight excluding hydrogens is 360 g/mol. The second kappa shape index (κ2) is 7.11. The summed E-state index contributed by atoms with van der Waals surface area (Å²) in [5, 5.41) is 16.8. The van der Waals surface area contributed by atoms with Crippen LogP contribution in [0.15, 0.2) is 0 Å². The molecule has 3 atom stereocenters. The standard InChI is InChI=1S/C15H24N6O4S/c1-15(13(22)18-14(23)19-15)10-26(24,25)21-6-4-20(5-7-21)12-3-2-11(8-16)9-17-12/h11-12,17H,2-7,9-10H2,1H3,(H2,18,19,22,23)/t11?,12?,15-/m1/s1. The molecule has 0 aromatic carbocycles. The molecule has 3 aliphatic rings. The van der Waals surface area contributed by atoms with E-state index in [1.807, 2.05) is 0 Å². The van der Waals surface area contributed by atoms with E-state index in [4.69, 9.17) is 5.26 Å². The van der Waals surface area contributed by atoms with E-state index < -0.39 is 33.3 Å². The molecule has 0 saturated carbocycles. The van der Waals surface area contributed by atoms with Crippen molar-refractivity contribution in [1.82, 2.24) is 25.2 Å². The molecule has 0 aromatic heterocycles. The Kier molecular flexibility index (Phi) is 5.21. The van der Waals surface area contributed by atoms with Crippen LogP contribution in [0.4, 0.5) is 4.79 Å². The van der Waals surface area contributed by atoms with Crippen LogP contribution >= 0.6 is 0 Å². The number of imide groups is 1. The summed E-state index contributed by atoms with van der Waals surface area (Å²) >= 11 is 0. The molecule has 0 aromatic rings. The summed E-state index contributed by atoms with van der Waals surface area (Å²) in [6.45, 7) is 3.93. The predicted molar refractivity (Wildman–Crippen MR) is 92.1 cm³/mol. The van der Waals surface area contributed by atoms with Crippen molar-refractivity contribution < 1.29 is 18.0 Å². The minimum atomic E-state index is -3.68. The number of hydrogen-bond acceptors (Lipinski definition) is 7. The zero-order valence-electron chi connectivity index (χ0n) is 14.7. The fourth-order valence-electron chi connectivity index (χ4n) is 3.69. The summed E-state index contributed by atoms with van der Waals surface area (Å²) in [4.78, 5) is 25.4. The fourth-order valence-corrected chi connectivity index (χ4v) is 5.53. The molecule has 3 rings (SSSR count). The van der Waals surface area contributed by atoms with Gasteiger partial charge in [-0.25, -0.2) is 13.2 Å². The molecule has 3 saturated heterocycles. The Bertz CT molecular complexity index is 719. The molecule has 11 heteroatoms. The summed E-state index contributed by atoms with van der Waals surface area (Å²) < 4.78 is 26.8. The van der Waals surface area contributed by atoms with Crippen molar-refractivity contribution in [1.29, 1.82) is 5.26 Å². The summed E-state index contributed by atoms with van der Waals surface area (Å²) in [6, 6.07) is 1.60. The van der Waals surface area contributed by atoms with Crippen molar-refractivity contribution in [2.75, 3.05) is 38.5 Å². The number of piperazine rings is 1. The van der Waals surface area contributed by atoms with E-state index in [2.05, 4.69) is 26.9 Å². The minimum Gasteiger partial charge on any atom is -0.322 e. The molecule has 0 radical (unpaired) electrons. The third-order valence-electron chi connectivity index (χ3n) is 5.27. The van der Waals surface area contributed by atoms with Gasteiger partial charge < -0.3 is 10.6 Å². The molecule has 0 spiro atoms. The van der Waals surface area contributed by atoms with Gasteiger partial charge in [-0.3, -0.25) is 15.0 Å². The van der Waals surface area contributed by atoms with Crippen LogP contribution in [0.3, 0.4) is 0 Å². The van der Waals surface area contributed by atoms with Gasteiger partial charge in [0.1, 0.15) is 5.54 Å². The van der Waals surface area contributed by atoms with Gasteiger partial charge in [0.2, 0.25) is 10.0 Å². The summed E-state index contributed by atoms with van der Waals surface area (Å²) in [6.07, 6.45) is 1.89. The van der Waals surface area contributed by atoms with Crippen LogP contribution < -0.4 is 16.0 Å². The third kappa shape index (κ3) is 3.83. The maximum absolute atomic E-state index is 12.7. The number of carbonyl (C=O) groups is 2. The Morgan fingerprint density at radius 2 is 1.92 bits per heavy atom. The van der Waals surface area contributed by atoms with Crippen LogP contribution in [-0.2, 0) is 14.8 Å². The maximum Gasteiger partial charge on any atom is 0.322 e. The SMILES string of the molecule is C[C@]1(CS(=O)(=O)N2CCN(C3CCC(C#N)CN3)CC2)NC(=O)NC1=O. The largest absolute Gasteiger partial charge is 0.322 e. The number of nitrogens with one attached hydrogen (secondary N) is 3. The van der Waals surface area contributed by atoms with Crippen LogP contribution in [0.5, 0.6) is 0 Å². The molecule has 0 bridgehead atoms. The van der Waals surface area contributed by atoms with Gasteiger partial charge in [-0.05, 0) is 19.8 Å². The lowest BCUT2D eigenvalue weighted by atomic mass is 9.98. The quantitative estimate of drug-likeness (QED) is 0.496. The van der Waals surface area contributed by atoms with E-state index in [-0.39, 0.29) is 12.1 Å². The van der Waals surface area contributed by atoms with Gasteiger partial charge >= 0.3 is 6.03 Å². The van der Waals surface area contributed by atoms with Gasteiger partial charge in [0, 0.05) is 32.7 Å². The predicted octanol–water partition coefficient (Wildman–Crippen LogP) is -1.62. The van der Waals surface area contributed by atoms with Crippen molar-refractivity contribution in [3.8, 4) is 6.07 Å². The number of amides is 3. The fraction of sp³-hybridized carbons (Fsp3) is 0.800. The van der Waals surface area contributed by atoms with Gasteiger partial charge in [-0.1, -0.05) is 0 Å². The van der Waals surface area contributed by atoms with Crippen molar-refractivity contribution >= 4 is 22.0 Å². The van der Waals surface area contributed by atoms with Gasteiger partial charge in [0.05, 0.1) is 23.9 Å². The first-order chi connectivity index (χ1) is 12.2. The van der Waals surface area contributed by atoms with Gasteiger partial charge in [0.15, 0.2) is 0 Å². The van der Waals surface area contributed by atoms with E-state index in [1.54, 1.807) is 0 Å². The van der Waals surface area contributed by atoms with E-state index in [9.17, 15) is 18.0 Å². The number of nitriles is 1. The highest BCUT2D eigenvalue weighted by molar-refractivity contribution is 7.89. The third-order valence-corrected chi connectivity index (χ3v) is 7.36. The molecule has 2 unspecified atom stereocenters. The molecule has 3 heterocycles. The first-order valence-corrected chi connectivity index (χ1v) is 10.3. The van der Waals surface area contributed by atoms with Gasteiger partial charge in [-0.15, -0.1) is 0 Å². The minimum absolute atomic E-state index is 0.0430. The highest BCUT2D eigenvalue weighted by Gasteiger charge is 2.47. The Balaban J connectivity index is 1.55. The van der Waals surface area contributed by atoms with Crippen LogP contribution in [0.25, 0.3) is 0 Å². The summed E-state index contributed by atoms with van der Waals surface area (Å²) in [5.41, 5.74) is -1.44. The lowest BCUT2D eigenvalue weighted by Crippen LogP contribution is -2.59. The average Bonchev–Trinajstić information content (AvgIpc) is 2.86. The van der Waals surface area contributed by atoms with Crippen LogP contribution in [0.1, 0.15) is 19.8 Å². The first-order valence-electron chi connectivity index (χ1n) is 8.72. The number of rotatable bonds is 4. The smallest absolute Gasteiger partial charge is 0.322 e. The lowest BCUT2D eigenvalue weighted by Gasteiger charge is -2.41. The van der Waals surface area contributed by atoms with E-state index in [1.165, 1.54) is 11.2 Å². The molecule has 3 amide bonds. The summed E-state index contributed by atoms with van der Waals surface area (Å²) in [5.74, 6) is -1.03. The van der Waals surface area contributed by atoms with Gasteiger partial charge in [-0.2, -0.15) is 9.57 Å². The van der Waals surface area contributed by atoms with Crippen LogP contribution in [0.2, 0.25) is 0 Å². The van der Waals surface area contributed by atoms with Crippen LogP contribution in [0, 0.1) is 17.2 Å². The Morgan fingerprint density at radius 3 is 2.42 bits per heavy atom. The molecule has 3 aliphatic heterocycles. The molecular formula is C15H24N6O4S. The topological polar surface area (TPSA) is 135 Å². The molecule has 144 valence electrons. The number of nitrogens with zero attached hydrogens (tertiary/aromatic N) is 3. The number of carbonyl (C=O) groups excluding carboxylic acids is 2. The van der Waals surface area contributed by atoms with E-state index in [0.29, 0.717) is 32.7 Å². The van der Waals surface area contributed by atoms with Crippen molar-refractivity contribution in [3.63, 3.8) is 0 Å². The molecule has 3 fully saturated rings. The zero-order valence-corrected chi connectivity index (χ0v) is 15.5. The van der Waals surface area contributed by atoms with Gasteiger partial charge in [0.25, 0.3) is 5.91 Å². The highest BCUT2D eigenvalue weighted by atomic mass is 32.2. The Morgan fingerprint density at radius 1 is 1.23 bits per heavy atom. The second-order valence-corrected chi connectivity index (χ2v) is 9.23. The van der Waals surface area contributed by atoms with E-state index in [0.717, 1.165) is 12.8 Å². The second-order valence-electron chi connectivity index (χ2n) is 7.26. The maximum atomic E-state index is 12.7. The Labute approximate surface area is 152 Å². The molecule has 3 N–H and O–H groups in total. The number of urea groups is 1. The number of hydrogen-bond donors (Lipinski definition) is 3. The monoisotopic (exact) mass is 384 g/mol. The zero-order chi connectivity index (χ0) is 18.9. The van der Waals surface area contributed by atoms with Crippen molar-refractivity contribution in [2.24, 2.45) is 5.92 Å². The van der Waals surface area contributed by atoms with Crippen LogP contribution in [-0.4, -0.2) is 79.7 Å². The van der Waals surface area contributed by atoms with Crippen molar-refractivity contribution in [2.45, 2.75) is 31.5 Å². The van der Waals surface area contributed by atoms with Crippen molar-refractivity contribution in [3.05, 3.63) is 0 Å². The molecule has 0 aliphatic carbocycles. The number of piperidine rings is 1. The Hall–Kier alpha value is -1.74. The number of sulfonamides is 1. The molecule has 10 nitrogen and oxygen atoms in total.